The third kappa shape index (κ3) is 3.85. The first kappa shape index (κ1) is 24.2. The van der Waals surface area contributed by atoms with E-state index in [2.05, 4.69) is 25.4 Å². The molecule has 1 aliphatic carbocycles. The molecule has 0 spiro atoms. The summed E-state index contributed by atoms with van der Waals surface area (Å²) in [5.41, 5.74) is -0.105. The molecule has 0 bridgehead atoms. The number of aliphatic imine (C=N–C) groups is 1. The Balaban J connectivity index is 1.43. The molecule has 4 heterocycles. The fourth-order valence-electron chi connectivity index (χ4n) is 4.99. The van der Waals surface area contributed by atoms with Crippen LogP contribution in [0, 0.1) is 5.82 Å². The standard InChI is InChI=1S/C24H22F4N8O2/c1-12(37)34-10-18(23(2,26)11-34)29-22-30-21(38-3)20-19(15(25)9-35(20)32-22)13-4-5-16-17(6-13)36(33-31-16)14-7-24(27,28)8-14/h4-6,9,14H,7-8,10-11H2,1-3H3/b29-18+. The quantitative estimate of drug-likeness (QED) is 0.371. The number of alkyl halides is 3. The zero-order valence-corrected chi connectivity index (χ0v) is 20.6. The minimum absolute atomic E-state index is 0.00871. The van der Waals surface area contributed by atoms with Gasteiger partial charge in [-0.3, -0.25) is 4.79 Å². The minimum atomic E-state index is -2.74. The molecule has 0 radical (unpaired) electrons. The van der Waals surface area contributed by atoms with Gasteiger partial charge in [0.2, 0.25) is 11.8 Å². The van der Waals surface area contributed by atoms with Gasteiger partial charge in [-0.05, 0) is 24.6 Å². The van der Waals surface area contributed by atoms with Crippen molar-refractivity contribution in [2.45, 2.75) is 44.3 Å². The number of rotatable bonds is 4. The molecule has 38 heavy (non-hydrogen) atoms. The van der Waals surface area contributed by atoms with E-state index in [-0.39, 0.29) is 60.5 Å². The highest BCUT2D eigenvalue weighted by Gasteiger charge is 2.47. The van der Waals surface area contributed by atoms with Crippen LogP contribution in [-0.4, -0.2) is 77.9 Å². The Bertz CT molecular complexity index is 1640. The predicted octanol–water partition coefficient (Wildman–Crippen LogP) is 3.92. The smallest absolute Gasteiger partial charge is 0.270 e. The monoisotopic (exact) mass is 530 g/mol. The van der Waals surface area contributed by atoms with Gasteiger partial charge >= 0.3 is 0 Å². The van der Waals surface area contributed by atoms with Crippen LogP contribution in [0.15, 0.2) is 29.4 Å². The van der Waals surface area contributed by atoms with Crippen LogP contribution in [0.3, 0.4) is 0 Å². The number of carbonyl (C=O) groups is 1. The molecular formula is C24H22F4N8O2. The second-order valence-corrected chi connectivity index (χ2v) is 9.85. The van der Waals surface area contributed by atoms with Gasteiger partial charge in [0.05, 0.1) is 49.2 Å². The van der Waals surface area contributed by atoms with E-state index in [9.17, 15) is 13.6 Å². The van der Waals surface area contributed by atoms with E-state index in [1.807, 2.05) is 0 Å². The molecule has 6 rings (SSSR count). The number of halogens is 4. The summed E-state index contributed by atoms with van der Waals surface area (Å²) in [6.07, 6.45) is 0.443. The molecule has 1 amide bonds. The first-order valence-electron chi connectivity index (χ1n) is 11.8. The molecule has 3 aromatic heterocycles. The zero-order valence-electron chi connectivity index (χ0n) is 20.6. The Kier molecular flexibility index (Phi) is 5.23. The molecule has 2 fully saturated rings. The minimum Gasteiger partial charge on any atom is -0.479 e. The van der Waals surface area contributed by atoms with Crippen LogP contribution in [0.1, 0.15) is 32.7 Å². The third-order valence-electron chi connectivity index (χ3n) is 7.02. The summed E-state index contributed by atoms with van der Waals surface area (Å²) in [4.78, 5) is 21.5. The number of amides is 1. The third-order valence-corrected chi connectivity index (χ3v) is 7.02. The molecule has 1 saturated carbocycles. The lowest BCUT2D eigenvalue weighted by atomic mass is 9.88. The highest BCUT2D eigenvalue weighted by Crippen LogP contribution is 2.46. The average molecular weight is 530 g/mol. The van der Waals surface area contributed by atoms with Gasteiger partial charge in [-0.2, -0.15) is 4.98 Å². The number of aromatic nitrogens is 6. The molecule has 198 valence electrons. The maximum atomic E-state index is 15.3. The van der Waals surface area contributed by atoms with Crippen LogP contribution in [0.2, 0.25) is 0 Å². The van der Waals surface area contributed by atoms with Crippen molar-refractivity contribution in [3.63, 3.8) is 0 Å². The number of carbonyl (C=O) groups excluding carboxylic acids is 1. The van der Waals surface area contributed by atoms with Crippen LogP contribution in [-0.2, 0) is 4.79 Å². The van der Waals surface area contributed by atoms with Gasteiger partial charge in [0.1, 0.15) is 11.0 Å². The number of ether oxygens (including phenoxy) is 1. The van der Waals surface area contributed by atoms with Crippen LogP contribution < -0.4 is 4.74 Å². The zero-order chi connectivity index (χ0) is 27.0. The van der Waals surface area contributed by atoms with Crippen LogP contribution >= 0.6 is 0 Å². The topological polar surface area (TPSA) is 103 Å². The van der Waals surface area contributed by atoms with Crippen molar-refractivity contribution in [2.24, 2.45) is 4.99 Å². The lowest BCUT2D eigenvalue weighted by molar-refractivity contribution is -0.128. The van der Waals surface area contributed by atoms with E-state index in [0.717, 1.165) is 6.20 Å². The summed E-state index contributed by atoms with van der Waals surface area (Å²) in [6.45, 7) is 2.50. The summed E-state index contributed by atoms with van der Waals surface area (Å²) >= 11 is 0. The van der Waals surface area contributed by atoms with Gasteiger partial charge in [0, 0.05) is 19.8 Å². The molecule has 2 aliphatic rings. The predicted molar refractivity (Wildman–Crippen MR) is 128 cm³/mol. The Labute approximate surface area is 212 Å². The van der Waals surface area contributed by atoms with Gasteiger partial charge in [-0.25, -0.2) is 31.8 Å². The second kappa shape index (κ2) is 8.20. The molecule has 1 aromatic carbocycles. The largest absolute Gasteiger partial charge is 0.479 e. The summed E-state index contributed by atoms with van der Waals surface area (Å²) in [5.74, 6) is -3.84. The van der Waals surface area contributed by atoms with Crippen molar-refractivity contribution in [3.05, 3.63) is 30.2 Å². The Morgan fingerprint density at radius 3 is 2.66 bits per heavy atom. The van der Waals surface area contributed by atoms with Crippen molar-refractivity contribution in [2.75, 3.05) is 20.2 Å². The van der Waals surface area contributed by atoms with Crippen LogP contribution in [0.4, 0.5) is 23.5 Å². The van der Waals surface area contributed by atoms with E-state index in [1.165, 1.54) is 35.1 Å². The van der Waals surface area contributed by atoms with Gasteiger partial charge in [-0.1, -0.05) is 11.3 Å². The normalized spacial score (nSPS) is 22.5. The number of hydrogen-bond donors (Lipinski definition) is 0. The molecule has 14 heteroatoms. The molecule has 10 nitrogen and oxygen atoms in total. The van der Waals surface area contributed by atoms with Crippen molar-refractivity contribution in [3.8, 4) is 17.0 Å². The van der Waals surface area contributed by atoms with E-state index in [4.69, 9.17) is 4.74 Å². The van der Waals surface area contributed by atoms with Gasteiger partial charge < -0.3 is 9.64 Å². The summed E-state index contributed by atoms with van der Waals surface area (Å²) in [5, 5.41) is 12.3. The van der Waals surface area contributed by atoms with E-state index < -0.39 is 23.5 Å². The fraction of sp³-hybridized carbons (Fsp3) is 0.417. The molecular weight excluding hydrogens is 508 g/mol. The number of methoxy groups -OCH3 is 1. The van der Waals surface area contributed by atoms with Crippen molar-refractivity contribution in [1.29, 1.82) is 0 Å². The molecule has 1 unspecified atom stereocenters. The molecule has 0 N–H and O–H groups in total. The summed E-state index contributed by atoms with van der Waals surface area (Å²) < 4.78 is 65.4. The summed E-state index contributed by atoms with van der Waals surface area (Å²) in [7, 11) is 1.35. The number of benzene rings is 1. The van der Waals surface area contributed by atoms with Crippen molar-refractivity contribution >= 4 is 34.1 Å². The van der Waals surface area contributed by atoms with Crippen LogP contribution in [0.25, 0.3) is 27.7 Å². The van der Waals surface area contributed by atoms with E-state index in [0.29, 0.717) is 16.6 Å². The Morgan fingerprint density at radius 1 is 1.24 bits per heavy atom. The second-order valence-electron chi connectivity index (χ2n) is 9.85. The van der Waals surface area contributed by atoms with Crippen molar-refractivity contribution < 1.29 is 27.1 Å². The number of likely N-dealkylation sites (tertiary alicyclic amines) is 1. The van der Waals surface area contributed by atoms with E-state index >= 15 is 8.78 Å². The molecule has 1 atom stereocenters. The SMILES string of the molecule is COc1nc(/N=C2\CN(C(C)=O)CC2(C)F)nn2cc(F)c(-c3ccc4nnn(C5CC(F)(F)C5)c4c3)c12. The van der Waals surface area contributed by atoms with Crippen molar-refractivity contribution in [1.82, 2.24) is 34.5 Å². The molecule has 4 aromatic rings. The van der Waals surface area contributed by atoms with E-state index in [1.54, 1.807) is 18.2 Å². The number of nitrogens with zero attached hydrogens (tertiary/aromatic N) is 8. The fourth-order valence-corrected chi connectivity index (χ4v) is 4.99. The first-order chi connectivity index (χ1) is 18.0. The Morgan fingerprint density at radius 2 is 2.00 bits per heavy atom. The maximum Gasteiger partial charge on any atom is 0.270 e. The average Bonchev–Trinajstić information content (AvgIpc) is 3.49. The number of hydrogen-bond acceptors (Lipinski definition) is 7. The maximum absolute atomic E-state index is 15.3. The highest BCUT2D eigenvalue weighted by molar-refractivity contribution is 6.00. The van der Waals surface area contributed by atoms with Gasteiger partial charge in [0.15, 0.2) is 11.5 Å². The molecule has 1 saturated heterocycles. The first-order valence-corrected chi connectivity index (χ1v) is 11.8. The van der Waals surface area contributed by atoms with Gasteiger partial charge in [-0.15, -0.1) is 10.2 Å². The lowest BCUT2D eigenvalue weighted by Crippen LogP contribution is -2.37. The summed E-state index contributed by atoms with van der Waals surface area (Å²) in [6, 6.07) is 4.38. The lowest BCUT2D eigenvalue weighted by Gasteiger charge is -2.34. The van der Waals surface area contributed by atoms with Gasteiger partial charge in [0.25, 0.3) is 11.9 Å². The molecule has 1 aliphatic heterocycles. The highest BCUT2D eigenvalue weighted by atomic mass is 19.3. The van der Waals surface area contributed by atoms with Crippen LogP contribution in [0.5, 0.6) is 5.88 Å². The Hall–Kier alpha value is -4.10. The number of fused-ring (bicyclic) bond motifs is 2.